The monoisotopic (exact) mass is 278 g/mol. The smallest absolute Gasteiger partial charge is 0.234 e. The van der Waals surface area contributed by atoms with Crippen molar-refractivity contribution in [1.29, 1.82) is 0 Å². The van der Waals surface area contributed by atoms with Crippen LogP contribution in [0.2, 0.25) is 4.47 Å². The van der Waals surface area contributed by atoms with Gasteiger partial charge in [-0.2, -0.15) is 0 Å². The third-order valence-electron chi connectivity index (χ3n) is 1.89. The van der Waals surface area contributed by atoms with Crippen molar-refractivity contribution in [2.75, 3.05) is 33.9 Å². The summed E-state index contributed by atoms with van der Waals surface area (Å²) in [6, 6.07) is 0. The number of amides is 1. The number of carbonyl (C=O) groups is 1. The number of hydrogen-bond donors (Lipinski definition) is 1. The van der Waals surface area contributed by atoms with Gasteiger partial charge in [0.1, 0.15) is 5.01 Å². The number of likely N-dealkylation sites (N-methyl/N-ethyl adjacent to an activating group) is 1. The molecule has 0 unspecified atom stereocenters. The van der Waals surface area contributed by atoms with Crippen LogP contribution in [0.25, 0.3) is 0 Å². The van der Waals surface area contributed by atoms with Crippen LogP contribution in [0.5, 0.6) is 0 Å². The highest BCUT2D eigenvalue weighted by molar-refractivity contribution is 7.15. The Kier molecular flexibility index (Phi) is 6.35. The second kappa shape index (κ2) is 7.54. The maximum atomic E-state index is 11.5. The number of hydrogen-bond acceptors (Lipinski definition) is 6. The van der Waals surface area contributed by atoms with E-state index in [9.17, 15) is 4.79 Å². The average Bonchev–Trinajstić information content (AvgIpc) is 2.64. The number of ether oxygens (including phenoxy) is 1. The molecule has 8 heteroatoms. The maximum Gasteiger partial charge on any atom is 0.234 e. The van der Waals surface area contributed by atoms with Gasteiger partial charge in [-0.25, -0.2) is 0 Å². The second-order valence-electron chi connectivity index (χ2n) is 3.46. The molecule has 0 saturated heterocycles. The number of methoxy groups -OCH3 is 1. The molecule has 0 fully saturated rings. The number of carbonyl (C=O) groups excluding carboxylic acids is 1. The van der Waals surface area contributed by atoms with Gasteiger partial charge in [0.2, 0.25) is 10.4 Å². The summed E-state index contributed by atoms with van der Waals surface area (Å²) in [6.07, 6.45) is 0. The second-order valence-corrected chi connectivity index (χ2v) is 5.11. The van der Waals surface area contributed by atoms with Crippen LogP contribution in [-0.2, 0) is 16.1 Å². The Bertz CT molecular complexity index is 361. The van der Waals surface area contributed by atoms with Gasteiger partial charge in [-0.15, -0.1) is 10.2 Å². The average molecular weight is 279 g/mol. The zero-order valence-corrected chi connectivity index (χ0v) is 11.3. The molecule has 1 heterocycles. The predicted molar refractivity (Wildman–Crippen MR) is 66.1 cm³/mol. The minimum absolute atomic E-state index is 0.0415. The van der Waals surface area contributed by atoms with Crippen LogP contribution in [0.4, 0.5) is 0 Å². The largest absolute Gasteiger partial charge is 0.383 e. The maximum absolute atomic E-state index is 11.5. The van der Waals surface area contributed by atoms with Gasteiger partial charge in [-0.05, 0) is 18.6 Å². The van der Waals surface area contributed by atoms with Crippen molar-refractivity contribution in [3.05, 3.63) is 9.47 Å². The summed E-state index contributed by atoms with van der Waals surface area (Å²) in [5, 5.41) is 11.1. The van der Waals surface area contributed by atoms with Gasteiger partial charge in [-0.3, -0.25) is 9.69 Å². The van der Waals surface area contributed by atoms with Gasteiger partial charge in [0, 0.05) is 13.7 Å². The first-order valence-electron chi connectivity index (χ1n) is 5.04. The summed E-state index contributed by atoms with van der Waals surface area (Å²) in [4.78, 5) is 13.3. The van der Waals surface area contributed by atoms with Crippen molar-refractivity contribution in [2.24, 2.45) is 0 Å². The number of nitrogens with one attached hydrogen (secondary N) is 1. The lowest BCUT2D eigenvalue weighted by Crippen LogP contribution is -2.36. The topological polar surface area (TPSA) is 67.3 Å². The van der Waals surface area contributed by atoms with Crippen molar-refractivity contribution in [2.45, 2.75) is 6.54 Å². The zero-order valence-electron chi connectivity index (χ0n) is 9.77. The van der Waals surface area contributed by atoms with Crippen LogP contribution in [0.3, 0.4) is 0 Å². The molecule has 17 heavy (non-hydrogen) atoms. The summed E-state index contributed by atoms with van der Waals surface area (Å²) in [5.41, 5.74) is 0. The van der Waals surface area contributed by atoms with Crippen molar-refractivity contribution >= 4 is 28.8 Å². The molecule has 0 bridgehead atoms. The first kappa shape index (κ1) is 14.3. The van der Waals surface area contributed by atoms with E-state index in [4.69, 9.17) is 16.3 Å². The Morgan fingerprint density at radius 3 is 2.94 bits per heavy atom. The fraction of sp³-hybridized carbons (Fsp3) is 0.667. The molecule has 6 nitrogen and oxygen atoms in total. The van der Waals surface area contributed by atoms with E-state index in [-0.39, 0.29) is 5.91 Å². The highest BCUT2D eigenvalue weighted by Gasteiger charge is 2.09. The third kappa shape index (κ3) is 5.92. The van der Waals surface area contributed by atoms with E-state index in [2.05, 4.69) is 15.5 Å². The molecular formula is C9H15ClN4O2S. The highest BCUT2D eigenvalue weighted by Crippen LogP contribution is 2.15. The molecule has 96 valence electrons. The molecule has 0 radical (unpaired) electrons. The van der Waals surface area contributed by atoms with Crippen LogP contribution in [0.1, 0.15) is 5.01 Å². The number of nitrogens with zero attached hydrogens (tertiary/aromatic N) is 3. The van der Waals surface area contributed by atoms with Crippen LogP contribution in [0.15, 0.2) is 0 Å². The predicted octanol–water partition coefficient (Wildman–Crippen LogP) is 0.386. The van der Waals surface area contributed by atoms with Crippen LogP contribution in [0, 0.1) is 0 Å². The quantitative estimate of drug-likeness (QED) is 0.731. The molecule has 0 aliphatic carbocycles. The van der Waals surface area contributed by atoms with Crippen LogP contribution < -0.4 is 5.32 Å². The molecule has 1 aromatic heterocycles. The van der Waals surface area contributed by atoms with Gasteiger partial charge in [0.15, 0.2) is 0 Å². The minimum Gasteiger partial charge on any atom is -0.383 e. The Balaban J connectivity index is 2.24. The normalized spacial score (nSPS) is 10.8. The lowest BCUT2D eigenvalue weighted by molar-refractivity contribution is -0.122. The lowest BCUT2D eigenvalue weighted by atomic mass is 10.5. The van der Waals surface area contributed by atoms with Gasteiger partial charge in [0.05, 0.1) is 19.7 Å². The summed E-state index contributed by atoms with van der Waals surface area (Å²) < 4.78 is 5.25. The van der Waals surface area contributed by atoms with Crippen molar-refractivity contribution < 1.29 is 9.53 Å². The molecule has 0 aliphatic heterocycles. The Labute approximate surface area is 109 Å². The van der Waals surface area contributed by atoms with Gasteiger partial charge in [0.25, 0.3) is 0 Å². The standard InChI is InChI=1S/C9H15ClN4O2S/c1-14(5-7(15)11-3-4-16-2)6-8-12-13-9(10)17-8/h3-6H2,1-2H3,(H,11,15). The molecule has 0 atom stereocenters. The van der Waals surface area contributed by atoms with E-state index >= 15 is 0 Å². The summed E-state index contributed by atoms with van der Waals surface area (Å²) in [6.45, 7) is 1.90. The molecule has 0 spiro atoms. The van der Waals surface area contributed by atoms with Crippen LogP contribution in [-0.4, -0.2) is 54.9 Å². The zero-order chi connectivity index (χ0) is 12.7. The Morgan fingerprint density at radius 1 is 1.59 bits per heavy atom. The summed E-state index contributed by atoms with van der Waals surface area (Å²) >= 11 is 6.98. The third-order valence-corrected chi connectivity index (χ3v) is 2.89. The molecule has 1 aromatic rings. The van der Waals surface area contributed by atoms with E-state index in [0.717, 1.165) is 5.01 Å². The Hall–Kier alpha value is -0.760. The van der Waals surface area contributed by atoms with Gasteiger partial charge < -0.3 is 10.1 Å². The van der Waals surface area contributed by atoms with Crippen molar-refractivity contribution in [1.82, 2.24) is 20.4 Å². The van der Waals surface area contributed by atoms with E-state index < -0.39 is 0 Å². The van der Waals surface area contributed by atoms with E-state index in [1.165, 1.54) is 11.3 Å². The first-order chi connectivity index (χ1) is 8.11. The lowest BCUT2D eigenvalue weighted by Gasteiger charge is -2.14. The molecule has 1 amide bonds. The first-order valence-corrected chi connectivity index (χ1v) is 6.23. The number of aromatic nitrogens is 2. The van der Waals surface area contributed by atoms with E-state index in [0.29, 0.717) is 30.7 Å². The number of halogens is 1. The van der Waals surface area contributed by atoms with Crippen LogP contribution >= 0.6 is 22.9 Å². The summed E-state index contributed by atoms with van der Waals surface area (Å²) in [7, 11) is 3.43. The molecular weight excluding hydrogens is 264 g/mol. The Morgan fingerprint density at radius 2 is 2.35 bits per heavy atom. The number of rotatable bonds is 7. The molecule has 0 aromatic carbocycles. The molecule has 0 aliphatic rings. The SMILES string of the molecule is COCCNC(=O)CN(C)Cc1nnc(Cl)s1. The van der Waals surface area contributed by atoms with E-state index in [1.807, 2.05) is 11.9 Å². The van der Waals surface area contributed by atoms with E-state index in [1.54, 1.807) is 7.11 Å². The molecule has 0 saturated carbocycles. The summed E-state index contributed by atoms with van der Waals surface area (Å²) in [5.74, 6) is -0.0415. The van der Waals surface area contributed by atoms with Crippen molar-refractivity contribution in [3.63, 3.8) is 0 Å². The minimum atomic E-state index is -0.0415. The molecule has 1 N–H and O–H groups in total. The van der Waals surface area contributed by atoms with Gasteiger partial charge >= 0.3 is 0 Å². The fourth-order valence-corrected chi connectivity index (χ4v) is 2.13. The highest BCUT2D eigenvalue weighted by atomic mass is 35.5. The van der Waals surface area contributed by atoms with Gasteiger partial charge in [-0.1, -0.05) is 11.3 Å². The molecule has 1 rings (SSSR count). The van der Waals surface area contributed by atoms with Crippen molar-refractivity contribution in [3.8, 4) is 0 Å². The fourth-order valence-electron chi connectivity index (χ4n) is 1.18.